The predicted octanol–water partition coefficient (Wildman–Crippen LogP) is 4.07. The van der Waals surface area contributed by atoms with Gasteiger partial charge in [0.25, 0.3) is 0 Å². The Morgan fingerprint density at radius 2 is 1.67 bits per heavy atom. The second-order valence-electron chi connectivity index (χ2n) is 5.97. The molecule has 98 valence electrons. The molecule has 1 aromatic carbocycles. The van der Waals surface area contributed by atoms with Gasteiger partial charge in [0.1, 0.15) is 0 Å². The van der Waals surface area contributed by atoms with Crippen LogP contribution in [0.3, 0.4) is 0 Å². The van der Waals surface area contributed by atoms with Gasteiger partial charge in [0.15, 0.2) is 0 Å². The van der Waals surface area contributed by atoms with E-state index >= 15 is 0 Å². The molecule has 0 amide bonds. The smallest absolute Gasteiger partial charge is 0.403 e. The highest BCUT2D eigenvalue weighted by atomic mass is 35.5. The molecule has 1 aliphatic heterocycles. The fraction of sp³-hybridized carbons (Fsp3) is 0.571. The molecular weight excluding hydrogens is 246 g/mol. The van der Waals surface area contributed by atoms with Crippen LogP contribution in [0.1, 0.15) is 46.0 Å². The summed E-state index contributed by atoms with van der Waals surface area (Å²) in [7, 11) is -0.228. The maximum absolute atomic E-state index is 6.05. The van der Waals surface area contributed by atoms with Gasteiger partial charge in [-0.3, -0.25) is 0 Å². The van der Waals surface area contributed by atoms with E-state index in [9.17, 15) is 0 Å². The lowest BCUT2D eigenvalue weighted by molar-refractivity contribution is 0.00578. The van der Waals surface area contributed by atoms with E-state index in [2.05, 4.69) is 40.7 Å². The number of halogens is 1. The molecule has 1 heterocycles. The quantitative estimate of drug-likeness (QED) is 0.751. The zero-order valence-corrected chi connectivity index (χ0v) is 12.4. The molecule has 1 fully saturated rings. The van der Waals surface area contributed by atoms with Gasteiger partial charge in [-0.15, -0.1) is 0 Å². The third-order valence-electron chi connectivity index (χ3n) is 4.05. The molecule has 0 saturated carbocycles. The van der Waals surface area contributed by atoms with E-state index in [0.29, 0.717) is 0 Å². The molecule has 4 heteroatoms. The maximum atomic E-state index is 6.05. The number of hydrogen-bond donors (Lipinski definition) is 0. The Morgan fingerprint density at radius 1 is 1.11 bits per heavy atom. The van der Waals surface area contributed by atoms with Crippen LogP contribution in [0.4, 0.5) is 0 Å². The second-order valence-corrected chi connectivity index (χ2v) is 6.40. The Labute approximate surface area is 115 Å². The number of rotatable bonds is 2. The Hall–Kier alpha value is -0.505. The van der Waals surface area contributed by atoms with E-state index in [1.165, 1.54) is 0 Å². The summed E-state index contributed by atoms with van der Waals surface area (Å²) >= 11 is 6.03. The number of benzene rings is 1. The molecule has 0 aromatic heterocycles. The van der Waals surface area contributed by atoms with Crippen LogP contribution >= 0.6 is 11.6 Å². The molecule has 0 bridgehead atoms. The summed E-state index contributed by atoms with van der Waals surface area (Å²) in [5.74, 6) is 0.157. The van der Waals surface area contributed by atoms with Crippen molar-refractivity contribution in [2.24, 2.45) is 0 Å². The summed E-state index contributed by atoms with van der Waals surface area (Å²) in [6.07, 6.45) is 0. The van der Waals surface area contributed by atoms with E-state index in [1.54, 1.807) is 0 Å². The van der Waals surface area contributed by atoms with Gasteiger partial charge < -0.3 is 9.31 Å². The summed E-state index contributed by atoms with van der Waals surface area (Å²) in [5.41, 5.74) is 0.565. The first-order valence-corrected chi connectivity index (χ1v) is 6.72. The first-order chi connectivity index (χ1) is 8.23. The highest BCUT2D eigenvalue weighted by molar-refractivity contribution is 6.47. The van der Waals surface area contributed by atoms with Crippen LogP contribution in [0.25, 0.3) is 0 Å². The highest BCUT2D eigenvalue weighted by Crippen LogP contribution is 2.40. The molecule has 0 unspecified atom stereocenters. The molecule has 0 radical (unpaired) electrons. The lowest BCUT2D eigenvalue weighted by Crippen LogP contribution is -2.41. The normalized spacial score (nSPS) is 23.1. The van der Waals surface area contributed by atoms with Crippen molar-refractivity contribution in [2.75, 3.05) is 0 Å². The molecule has 0 N–H and O–H groups in total. The zero-order valence-electron chi connectivity index (χ0n) is 11.7. The second kappa shape index (κ2) is 4.55. The Morgan fingerprint density at radius 3 is 2.17 bits per heavy atom. The molecule has 0 spiro atoms. The average Bonchev–Trinajstić information content (AvgIpc) is 2.47. The van der Waals surface area contributed by atoms with Gasteiger partial charge in [0.2, 0.25) is 0 Å². The molecule has 1 aromatic rings. The van der Waals surface area contributed by atoms with E-state index in [-0.39, 0.29) is 24.1 Å². The lowest BCUT2D eigenvalue weighted by Gasteiger charge is -2.32. The zero-order chi connectivity index (χ0) is 13.6. The van der Waals surface area contributed by atoms with Crippen molar-refractivity contribution in [1.29, 1.82) is 0 Å². The summed E-state index contributed by atoms with van der Waals surface area (Å²) < 4.78 is 12.1. The van der Waals surface area contributed by atoms with Crippen molar-refractivity contribution in [3.05, 3.63) is 34.9 Å². The van der Waals surface area contributed by atoms with Crippen LogP contribution in [-0.2, 0) is 9.31 Å². The minimum Gasteiger partial charge on any atom is -0.403 e. The van der Waals surface area contributed by atoms with E-state index < -0.39 is 0 Å². The molecule has 1 saturated heterocycles. The predicted molar refractivity (Wildman–Crippen MR) is 75.9 cm³/mol. The van der Waals surface area contributed by atoms with Crippen molar-refractivity contribution in [3.63, 3.8) is 0 Å². The monoisotopic (exact) mass is 266 g/mol. The summed E-state index contributed by atoms with van der Waals surface area (Å²) in [6.45, 7) is 10.4. The van der Waals surface area contributed by atoms with Crippen molar-refractivity contribution >= 4 is 18.7 Å². The van der Waals surface area contributed by atoms with Gasteiger partial charge in [0.05, 0.1) is 11.2 Å². The minimum absolute atomic E-state index is 0.157. The minimum atomic E-state index is -0.287. The van der Waals surface area contributed by atoms with Gasteiger partial charge in [-0.1, -0.05) is 30.7 Å². The van der Waals surface area contributed by atoms with Crippen molar-refractivity contribution in [3.8, 4) is 0 Å². The van der Waals surface area contributed by atoms with E-state index in [0.717, 1.165) is 10.6 Å². The largest absolute Gasteiger partial charge is 0.465 e. The van der Waals surface area contributed by atoms with Crippen LogP contribution in [-0.4, -0.2) is 18.3 Å². The molecule has 1 atom stereocenters. The van der Waals surface area contributed by atoms with Crippen molar-refractivity contribution < 1.29 is 9.31 Å². The first-order valence-electron chi connectivity index (χ1n) is 6.34. The Bertz CT molecular complexity index is 429. The fourth-order valence-corrected chi connectivity index (χ4v) is 2.24. The van der Waals surface area contributed by atoms with Crippen LogP contribution in [0.15, 0.2) is 24.3 Å². The lowest BCUT2D eigenvalue weighted by atomic mass is 9.69. The van der Waals surface area contributed by atoms with Gasteiger partial charge in [-0.05, 0) is 45.4 Å². The average molecular weight is 267 g/mol. The summed E-state index contributed by atoms with van der Waals surface area (Å²) in [6, 6.07) is 7.86. The van der Waals surface area contributed by atoms with Gasteiger partial charge >= 0.3 is 7.12 Å². The van der Waals surface area contributed by atoms with E-state index in [4.69, 9.17) is 20.9 Å². The van der Waals surface area contributed by atoms with Crippen molar-refractivity contribution in [2.45, 2.75) is 51.6 Å². The SMILES string of the molecule is C[C@H](B1OC(C)(C)C(C)(C)O1)c1cccc(Cl)c1. The van der Waals surface area contributed by atoms with Crippen LogP contribution in [0, 0.1) is 0 Å². The molecule has 0 aliphatic carbocycles. The van der Waals surface area contributed by atoms with Gasteiger partial charge in [-0.2, -0.15) is 0 Å². The Kier molecular flexibility index (Phi) is 3.52. The third kappa shape index (κ3) is 2.44. The van der Waals surface area contributed by atoms with Crippen LogP contribution in [0.5, 0.6) is 0 Å². The van der Waals surface area contributed by atoms with Crippen LogP contribution in [0.2, 0.25) is 5.02 Å². The van der Waals surface area contributed by atoms with E-state index in [1.807, 2.05) is 18.2 Å². The molecular formula is C14H20BClO2. The molecule has 18 heavy (non-hydrogen) atoms. The fourth-order valence-electron chi connectivity index (χ4n) is 2.04. The first kappa shape index (κ1) is 13.9. The Balaban J connectivity index is 2.20. The van der Waals surface area contributed by atoms with Crippen LogP contribution < -0.4 is 0 Å². The topological polar surface area (TPSA) is 18.5 Å². The highest BCUT2D eigenvalue weighted by Gasteiger charge is 2.52. The summed E-state index contributed by atoms with van der Waals surface area (Å²) in [4.78, 5) is 0. The molecule has 1 aliphatic rings. The summed E-state index contributed by atoms with van der Waals surface area (Å²) in [5, 5.41) is 0.746. The standard InChI is InChI=1S/C14H20BClO2/c1-10(11-7-6-8-12(16)9-11)15-17-13(2,3)14(4,5)18-15/h6-10H,1-5H3/t10-/m0/s1. The maximum Gasteiger partial charge on any atom is 0.465 e. The molecule has 2 nitrogen and oxygen atoms in total. The van der Waals surface area contributed by atoms with Gasteiger partial charge in [-0.25, -0.2) is 0 Å². The van der Waals surface area contributed by atoms with Crippen molar-refractivity contribution in [1.82, 2.24) is 0 Å². The number of hydrogen-bond acceptors (Lipinski definition) is 2. The third-order valence-corrected chi connectivity index (χ3v) is 4.29. The van der Waals surface area contributed by atoms with Gasteiger partial charge in [0, 0.05) is 10.8 Å². The molecule has 2 rings (SSSR count).